The van der Waals surface area contributed by atoms with Crippen LogP contribution in [0.25, 0.3) is 0 Å². The Morgan fingerprint density at radius 3 is 2.57 bits per heavy atom. The van der Waals surface area contributed by atoms with E-state index in [-0.39, 0.29) is 17.6 Å². The van der Waals surface area contributed by atoms with Gasteiger partial charge < -0.3 is 14.7 Å². The van der Waals surface area contributed by atoms with E-state index in [0.29, 0.717) is 13.1 Å². The lowest BCUT2D eigenvalue weighted by Gasteiger charge is -2.34. The highest BCUT2D eigenvalue weighted by molar-refractivity contribution is 5.88. The van der Waals surface area contributed by atoms with Crippen LogP contribution in [0.15, 0.2) is 18.2 Å². The molecule has 0 unspecified atom stereocenters. The molecular formula is C16H21NO4. The van der Waals surface area contributed by atoms with Gasteiger partial charge in [0, 0.05) is 13.1 Å². The summed E-state index contributed by atoms with van der Waals surface area (Å²) in [4.78, 5) is 24.9. The minimum Gasteiger partial charge on any atom is -0.478 e. The molecule has 0 spiro atoms. The number of rotatable bonds is 1. The minimum absolute atomic E-state index is 0.157. The molecule has 1 heterocycles. The number of carboxylic acid groups (broad SMARTS) is 1. The lowest BCUT2D eigenvalue weighted by molar-refractivity contribution is 0.0209. The first-order chi connectivity index (χ1) is 9.67. The van der Waals surface area contributed by atoms with Gasteiger partial charge in [-0.3, -0.25) is 0 Å². The van der Waals surface area contributed by atoms with Crippen molar-refractivity contribution in [3.8, 4) is 0 Å². The van der Waals surface area contributed by atoms with Crippen molar-refractivity contribution in [2.45, 2.75) is 45.8 Å². The normalized spacial score (nSPS) is 18.1. The van der Waals surface area contributed by atoms with E-state index in [1.54, 1.807) is 17.0 Å². The number of carboxylic acids is 1. The zero-order chi connectivity index (χ0) is 15.8. The van der Waals surface area contributed by atoms with E-state index in [9.17, 15) is 9.59 Å². The maximum Gasteiger partial charge on any atom is 0.410 e. The van der Waals surface area contributed by atoms with Gasteiger partial charge in [0.2, 0.25) is 0 Å². The minimum atomic E-state index is -0.958. The highest BCUT2D eigenvalue weighted by Crippen LogP contribution is 2.29. The molecule has 0 aromatic heterocycles. The van der Waals surface area contributed by atoms with Crippen LogP contribution >= 0.6 is 0 Å². The van der Waals surface area contributed by atoms with Gasteiger partial charge in [0.25, 0.3) is 0 Å². The van der Waals surface area contributed by atoms with Crippen molar-refractivity contribution in [2.75, 3.05) is 6.54 Å². The molecule has 0 aliphatic carbocycles. The first kappa shape index (κ1) is 15.4. The summed E-state index contributed by atoms with van der Waals surface area (Å²) in [5.74, 6) is -0.802. The molecule has 5 heteroatoms. The SMILES string of the molecule is C[C@H]1CN(C(=O)OC(C)(C)C)Cc2cc(C(=O)O)ccc21. The van der Waals surface area contributed by atoms with Crippen molar-refractivity contribution in [3.63, 3.8) is 0 Å². The van der Waals surface area contributed by atoms with Crippen molar-refractivity contribution in [3.05, 3.63) is 34.9 Å². The van der Waals surface area contributed by atoms with Crippen LogP contribution < -0.4 is 0 Å². The van der Waals surface area contributed by atoms with Gasteiger partial charge in [-0.2, -0.15) is 0 Å². The highest BCUT2D eigenvalue weighted by atomic mass is 16.6. The third-order valence-electron chi connectivity index (χ3n) is 3.43. The summed E-state index contributed by atoms with van der Waals surface area (Å²) < 4.78 is 5.39. The van der Waals surface area contributed by atoms with E-state index < -0.39 is 11.6 Å². The Morgan fingerprint density at radius 1 is 1.33 bits per heavy atom. The summed E-state index contributed by atoms with van der Waals surface area (Å²) in [5.41, 5.74) is 1.68. The Kier molecular flexibility index (Phi) is 3.94. The first-order valence-corrected chi connectivity index (χ1v) is 7.01. The topological polar surface area (TPSA) is 66.8 Å². The number of amides is 1. The Labute approximate surface area is 124 Å². The van der Waals surface area contributed by atoms with E-state index >= 15 is 0 Å². The summed E-state index contributed by atoms with van der Waals surface area (Å²) in [7, 11) is 0. The molecule has 0 bridgehead atoms. The molecule has 0 saturated heterocycles. The summed E-state index contributed by atoms with van der Waals surface area (Å²) in [6, 6.07) is 5.10. The average Bonchev–Trinajstić information content (AvgIpc) is 2.35. The van der Waals surface area contributed by atoms with Crippen molar-refractivity contribution >= 4 is 12.1 Å². The molecule has 1 aliphatic heterocycles. The van der Waals surface area contributed by atoms with Crippen LogP contribution in [-0.2, 0) is 11.3 Å². The van der Waals surface area contributed by atoms with E-state index in [1.165, 1.54) is 0 Å². The molecule has 114 valence electrons. The zero-order valence-electron chi connectivity index (χ0n) is 12.8. The van der Waals surface area contributed by atoms with Crippen LogP contribution in [0.4, 0.5) is 4.79 Å². The molecule has 1 aliphatic rings. The summed E-state index contributed by atoms with van der Waals surface area (Å²) >= 11 is 0. The van der Waals surface area contributed by atoms with Gasteiger partial charge in [0.1, 0.15) is 5.60 Å². The van der Waals surface area contributed by atoms with Crippen molar-refractivity contribution in [2.24, 2.45) is 0 Å². The van der Waals surface area contributed by atoms with Gasteiger partial charge in [0.05, 0.1) is 5.56 Å². The van der Waals surface area contributed by atoms with Crippen LogP contribution in [0.5, 0.6) is 0 Å². The third-order valence-corrected chi connectivity index (χ3v) is 3.43. The fourth-order valence-corrected chi connectivity index (χ4v) is 2.52. The van der Waals surface area contributed by atoms with Crippen LogP contribution in [0, 0.1) is 0 Å². The van der Waals surface area contributed by atoms with Crippen LogP contribution in [-0.4, -0.2) is 34.2 Å². The largest absolute Gasteiger partial charge is 0.478 e. The molecule has 1 aromatic rings. The zero-order valence-corrected chi connectivity index (χ0v) is 12.8. The van der Waals surface area contributed by atoms with Gasteiger partial charge in [-0.15, -0.1) is 0 Å². The number of hydrogen-bond acceptors (Lipinski definition) is 3. The molecule has 0 saturated carbocycles. The Bertz CT molecular complexity index is 574. The number of benzene rings is 1. The van der Waals surface area contributed by atoms with Gasteiger partial charge >= 0.3 is 12.1 Å². The van der Waals surface area contributed by atoms with Crippen molar-refractivity contribution in [1.29, 1.82) is 0 Å². The Hall–Kier alpha value is -2.04. The first-order valence-electron chi connectivity index (χ1n) is 7.01. The number of aromatic carboxylic acids is 1. The van der Waals surface area contributed by atoms with Crippen molar-refractivity contribution < 1.29 is 19.4 Å². The van der Waals surface area contributed by atoms with Gasteiger partial charge in [-0.05, 0) is 49.9 Å². The Morgan fingerprint density at radius 2 is 2.00 bits per heavy atom. The third kappa shape index (κ3) is 3.54. The number of carbonyl (C=O) groups excluding carboxylic acids is 1. The Balaban J connectivity index is 2.24. The quantitative estimate of drug-likeness (QED) is 0.862. The highest BCUT2D eigenvalue weighted by Gasteiger charge is 2.29. The average molecular weight is 291 g/mol. The van der Waals surface area contributed by atoms with Crippen LogP contribution in [0.1, 0.15) is 55.1 Å². The molecule has 1 N–H and O–H groups in total. The smallest absolute Gasteiger partial charge is 0.410 e. The number of hydrogen-bond donors (Lipinski definition) is 1. The fourth-order valence-electron chi connectivity index (χ4n) is 2.52. The molecule has 1 atom stereocenters. The predicted octanol–water partition coefficient (Wildman–Crippen LogP) is 3.24. The maximum atomic E-state index is 12.2. The predicted molar refractivity (Wildman–Crippen MR) is 78.5 cm³/mol. The van der Waals surface area contributed by atoms with Crippen LogP contribution in [0.2, 0.25) is 0 Å². The number of carbonyl (C=O) groups is 2. The van der Waals surface area contributed by atoms with E-state index in [0.717, 1.165) is 11.1 Å². The maximum absolute atomic E-state index is 12.2. The van der Waals surface area contributed by atoms with E-state index in [1.807, 2.05) is 33.8 Å². The molecule has 1 aromatic carbocycles. The lowest BCUT2D eigenvalue weighted by atomic mass is 9.90. The summed E-state index contributed by atoms with van der Waals surface area (Å²) in [6.07, 6.45) is -0.360. The molecular weight excluding hydrogens is 270 g/mol. The molecule has 0 fully saturated rings. The number of fused-ring (bicyclic) bond motifs is 1. The van der Waals surface area contributed by atoms with E-state index in [2.05, 4.69) is 0 Å². The second kappa shape index (κ2) is 5.39. The summed E-state index contributed by atoms with van der Waals surface area (Å²) in [6.45, 7) is 8.47. The monoisotopic (exact) mass is 291 g/mol. The molecule has 0 radical (unpaired) electrons. The van der Waals surface area contributed by atoms with Gasteiger partial charge in [0.15, 0.2) is 0 Å². The molecule has 21 heavy (non-hydrogen) atoms. The second-order valence-corrected chi connectivity index (χ2v) is 6.48. The second-order valence-electron chi connectivity index (χ2n) is 6.48. The standard InChI is InChI=1S/C16H21NO4/c1-10-8-17(15(20)21-16(2,3)4)9-12-7-11(14(18)19)5-6-13(10)12/h5-7,10H,8-9H2,1-4H3,(H,18,19)/t10-/m0/s1. The van der Waals surface area contributed by atoms with Gasteiger partial charge in [-0.25, -0.2) is 9.59 Å². The number of nitrogens with zero attached hydrogens (tertiary/aromatic N) is 1. The summed E-state index contributed by atoms with van der Waals surface area (Å²) in [5, 5.41) is 9.07. The molecule has 5 nitrogen and oxygen atoms in total. The van der Waals surface area contributed by atoms with Gasteiger partial charge in [-0.1, -0.05) is 13.0 Å². The van der Waals surface area contributed by atoms with E-state index in [4.69, 9.17) is 9.84 Å². The number of ether oxygens (including phenoxy) is 1. The van der Waals surface area contributed by atoms with Crippen LogP contribution in [0.3, 0.4) is 0 Å². The van der Waals surface area contributed by atoms with Crippen molar-refractivity contribution in [1.82, 2.24) is 4.90 Å². The fraction of sp³-hybridized carbons (Fsp3) is 0.500. The lowest BCUT2D eigenvalue weighted by Crippen LogP contribution is -2.41. The molecule has 1 amide bonds. The molecule has 2 rings (SSSR count).